The lowest BCUT2D eigenvalue weighted by Gasteiger charge is -2.30. The van der Waals surface area contributed by atoms with Crippen LogP contribution in [0, 0.1) is 10.1 Å². The number of alkyl carbamates (subject to hydrolysis) is 1. The summed E-state index contributed by atoms with van der Waals surface area (Å²) in [4.78, 5) is 47.8. The van der Waals surface area contributed by atoms with Crippen molar-refractivity contribution in [3.05, 3.63) is 39.9 Å². The Morgan fingerprint density at radius 1 is 1.04 bits per heavy atom. The number of nitro groups is 1. The third-order valence-corrected chi connectivity index (χ3v) is 3.18. The molecular weight excluding hydrogens is 348 g/mol. The van der Waals surface area contributed by atoms with Crippen LogP contribution in [-0.4, -0.2) is 42.8 Å². The fraction of sp³-hybridized carbons (Fsp3) is 0.438. The number of rotatable bonds is 5. The summed E-state index contributed by atoms with van der Waals surface area (Å²) in [6, 6.07) is 4.92. The molecule has 10 nitrogen and oxygen atoms in total. The molecule has 1 rings (SSSR count). The monoisotopic (exact) mass is 368 g/mol. The van der Waals surface area contributed by atoms with E-state index >= 15 is 0 Å². The Morgan fingerprint density at radius 3 is 1.96 bits per heavy atom. The van der Waals surface area contributed by atoms with Crippen LogP contribution in [0.3, 0.4) is 0 Å². The van der Waals surface area contributed by atoms with Gasteiger partial charge in [-0.1, -0.05) is 12.1 Å². The SMILES string of the molecule is COC(=O)C(NC(=O)OC(C)(C)C)(C(=O)OC)c1ccccc1[N+](=O)[O-]. The van der Waals surface area contributed by atoms with Crippen molar-refractivity contribution in [2.45, 2.75) is 31.9 Å². The van der Waals surface area contributed by atoms with E-state index in [0.29, 0.717) is 0 Å². The highest BCUT2D eigenvalue weighted by Crippen LogP contribution is 2.33. The first kappa shape index (κ1) is 20.9. The first-order valence-electron chi connectivity index (χ1n) is 7.41. The molecule has 10 heteroatoms. The number of hydrogen-bond acceptors (Lipinski definition) is 8. The summed E-state index contributed by atoms with van der Waals surface area (Å²) in [5.74, 6) is -2.55. The van der Waals surface area contributed by atoms with Gasteiger partial charge in [0, 0.05) is 6.07 Å². The second kappa shape index (κ2) is 7.81. The summed E-state index contributed by atoms with van der Waals surface area (Å²) in [6.45, 7) is 4.69. The molecule has 1 aromatic carbocycles. The van der Waals surface area contributed by atoms with E-state index in [1.165, 1.54) is 12.1 Å². The first-order chi connectivity index (χ1) is 12.0. The predicted octanol–water partition coefficient (Wildman–Crippen LogP) is 1.66. The highest BCUT2D eigenvalue weighted by molar-refractivity contribution is 6.08. The Labute approximate surface area is 149 Å². The maximum atomic E-state index is 12.5. The van der Waals surface area contributed by atoms with Gasteiger partial charge in [0.2, 0.25) is 0 Å². The van der Waals surface area contributed by atoms with Crippen LogP contribution in [0.4, 0.5) is 10.5 Å². The summed E-state index contributed by atoms with van der Waals surface area (Å²) in [5, 5.41) is 13.4. The van der Waals surface area contributed by atoms with Gasteiger partial charge in [0.15, 0.2) is 0 Å². The van der Waals surface area contributed by atoms with Gasteiger partial charge in [0.05, 0.1) is 24.7 Å². The molecule has 0 heterocycles. The van der Waals surface area contributed by atoms with Crippen molar-refractivity contribution in [1.29, 1.82) is 0 Å². The molecular formula is C16H20N2O8. The molecule has 0 radical (unpaired) electrons. The minimum absolute atomic E-state index is 0.422. The van der Waals surface area contributed by atoms with E-state index in [2.05, 4.69) is 14.8 Å². The minimum Gasteiger partial charge on any atom is -0.467 e. The summed E-state index contributed by atoms with van der Waals surface area (Å²) in [6.07, 6.45) is -1.16. The van der Waals surface area contributed by atoms with Gasteiger partial charge >= 0.3 is 18.0 Å². The molecule has 0 unspecified atom stereocenters. The van der Waals surface area contributed by atoms with Gasteiger partial charge in [0.1, 0.15) is 5.60 Å². The molecule has 0 atom stereocenters. The molecule has 0 spiro atoms. The third kappa shape index (κ3) is 4.26. The smallest absolute Gasteiger partial charge is 0.409 e. The number of benzene rings is 1. The molecule has 1 aromatic rings. The molecule has 0 saturated heterocycles. The number of carbonyl (C=O) groups excluding carboxylic acids is 3. The molecule has 0 aromatic heterocycles. The lowest BCUT2D eigenvalue weighted by molar-refractivity contribution is -0.386. The number of amides is 1. The molecule has 0 aliphatic heterocycles. The normalized spacial score (nSPS) is 11.3. The van der Waals surface area contributed by atoms with Crippen molar-refractivity contribution in [2.75, 3.05) is 14.2 Å². The third-order valence-electron chi connectivity index (χ3n) is 3.18. The summed E-state index contributed by atoms with van der Waals surface area (Å²) in [7, 11) is 1.93. The van der Waals surface area contributed by atoms with Crippen molar-refractivity contribution >= 4 is 23.7 Å². The largest absolute Gasteiger partial charge is 0.467 e. The lowest BCUT2D eigenvalue weighted by Crippen LogP contribution is -2.59. The lowest BCUT2D eigenvalue weighted by atomic mass is 9.88. The van der Waals surface area contributed by atoms with E-state index in [9.17, 15) is 24.5 Å². The maximum Gasteiger partial charge on any atom is 0.409 e. The molecule has 0 aliphatic rings. The first-order valence-corrected chi connectivity index (χ1v) is 7.41. The van der Waals surface area contributed by atoms with E-state index < -0.39 is 45.3 Å². The van der Waals surface area contributed by atoms with Crippen LogP contribution in [-0.2, 0) is 29.3 Å². The van der Waals surface area contributed by atoms with Gasteiger partial charge in [0.25, 0.3) is 11.2 Å². The van der Waals surface area contributed by atoms with E-state index in [0.717, 1.165) is 26.4 Å². The number of esters is 2. The molecule has 26 heavy (non-hydrogen) atoms. The van der Waals surface area contributed by atoms with Crippen LogP contribution in [0.2, 0.25) is 0 Å². The zero-order valence-corrected chi connectivity index (χ0v) is 15.0. The number of ether oxygens (including phenoxy) is 3. The molecule has 1 N–H and O–H groups in total. The fourth-order valence-electron chi connectivity index (χ4n) is 2.19. The van der Waals surface area contributed by atoms with Crippen molar-refractivity contribution in [2.24, 2.45) is 0 Å². The topological polar surface area (TPSA) is 134 Å². The van der Waals surface area contributed by atoms with E-state index in [4.69, 9.17) is 4.74 Å². The molecule has 1 amide bonds. The van der Waals surface area contributed by atoms with Gasteiger partial charge in [-0.05, 0) is 26.8 Å². The van der Waals surface area contributed by atoms with Crippen molar-refractivity contribution in [3.8, 4) is 0 Å². The second-order valence-electron chi connectivity index (χ2n) is 6.13. The number of methoxy groups -OCH3 is 2. The zero-order valence-electron chi connectivity index (χ0n) is 15.0. The maximum absolute atomic E-state index is 12.5. The highest BCUT2D eigenvalue weighted by atomic mass is 16.6. The fourth-order valence-corrected chi connectivity index (χ4v) is 2.19. The van der Waals surface area contributed by atoms with Crippen molar-refractivity contribution < 1.29 is 33.5 Å². The Bertz CT molecular complexity index is 707. The van der Waals surface area contributed by atoms with Crippen LogP contribution in [0.25, 0.3) is 0 Å². The minimum atomic E-state index is -2.62. The average molecular weight is 368 g/mol. The second-order valence-corrected chi connectivity index (χ2v) is 6.13. The van der Waals surface area contributed by atoms with Crippen LogP contribution in [0.1, 0.15) is 26.3 Å². The highest BCUT2D eigenvalue weighted by Gasteiger charge is 2.55. The van der Waals surface area contributed by atoms with E-state index in [1.54, 1.807) is 20.8 Å². The van der Waals surface area contributed by atoms with E-state index in [1.807, 2.05) is 0 Å². The van der Waals surface area contributed by atoms with Gasteiger partial charge in [-0.2, -0.15) is 0 Å². The summed E-state index contributed by atoms with van der Waals surface area (Å²) < 4.78 is 14.3. The number of carbonyl (C=O) groups is 3. The summed E-state index contributed by atoms with van der Waals surface area (Å²) in [5.41, 5.74) is -4.57. The Morgan fingerprint density at radius 2 is 1.54 bits per heavy atom. The van der Waals surface area contributed by atoms with Crippen LogP contribution >= 0.6 is 0 Å². The van der Waals surface area contributed by atoms with Gasteiger partial charge in [-0.25, -0.2) is 14.4 Å². The molecule has 0 saturated carbocycles. The molecule has 0 aliphatic carbocycles. The number of nitro benzene ring substituents is 1. The zero-order chi connectivity index (χ0) is 20.1. The van der Waals surface area contributed by atoms with Crippen molar-refractivity contribution in [1.82, 2.24) is 5.32 Å². The Kier molecular flexibility index (Phi) is 6.27. The average Bonchev–Trinajstić information content (AvgIpc) is 2.56. The quantitative estimate of drug-likeness (QED) is 0.273. The van der Waals surface area contributed by atoms with Crippen LogP contribution in [0.5, 0.6) is 0 Å². The predicted molar refractivity (Wildman–Crippen MR) is 88.2 cm³/mol. The van der Waals surface area contributed by atoms with Gasteiger partial charge in [-0.15, -0.1) is 0 Å². The number of hydrogen-bond donors (Lipinski definition) is 1. The van der Waals surface area contributed by atoms with Crippen molar-refractivity contribution in [3.63, 3.8) is 0 Å². The Balaban J connectivity index is 3.66. The summed E-state index contributed by atoms with van der Waals surface area (Å²) >= 11 is 0. The van der Waals surface area contributed by atoms with Crippen LogP contribution < -0.4 is 5.32 Å². The standard InChI is InChI=1S/C16H20N2O8/c1-15(2,3)26-14(21)17-16(12(19)24-4,13(20)25-5)10-8-6-7-9-11(10)18(22)23/h6-9H,1-5H3,(H,17,21). The number of nitrogens with zero attached hydrogens (tertiary/aromatic N) is 1. The number of para-hydroxylation sites is 1. The molecule has 0 bridgehead atoms. The Hall–Kier alpha value is -3.17. The number of nitrogens with one attached hydrogen (secondary N) is 1. The van der Waals surface area contributed by atoms with E-state index in [-0.39, 0.29) is 0 Å². The molecule has 142 valence electrons. The van der Waals surface area contributed by atoms with Gasteiger partial charge in [-0.3, -0.25) is 15.4 Å². The van der Waals surface area contributed by atoms with Gasteiger partial charge < -0.3 is 14.2 Å². The van der Waals surface area contributed by atoms with Crippen LogP contribution in [0.15, 0.2) is 24.3 Å². The molecule has 0 fully saturated rings.